The number of halogens is 1. The lowest BCUT2D eigenvalue weighted by atomic mass is 9.72. The third-order valence-electron chi connectivity index (χ3n) is 5.39. The zero-order valence-corrected chi connectivity index (χ0v) is 15.7. The summed E-state index contributed by atoms with van der Waals surface area (Å²) >= 11 is 0. The highest BCUT2D eigenvalue weighted by Gasteiger charge is 2.49. The van der Waals surface area contributed by atoms with Crippen molar-refractivity contribution in [2.24, 2.45) is 5.41 Å². The van der Waals surface area contributed by atoms with E-state index in [1.807, 2.05) is 18.7 Å². The third-order valence-corrected chi connectivity index (χ3v) is 5.39. The van der Waals surface area contributed by atoms with Crippen LogP contribution in [0.15, 0.2) is 24.3 Å². The highest BCUT2D eigenvalue weighted by Crippen LogP contribution is 2.37. The van der Waals surface area contributed by atoms with Crippen LogP contribution in [0, 0.1) is 32.0 Å². The Bertz CT molecular complexity index is 874. The summed E-state index contributed by atoms with van der Waals surface area (Å²) in [6.45, 7) is 6.19. The molecule has 2 heterocycles. The van der Waals surface area contributed by atoms with Gasteiger partial charge in [0.05, 0.1) is 6.10 Å². The highest BCUT2D eigenvalue weighted by molar-refractivity contribution is 5.77. The fourth-order valence-electron chi connectivity index (χ4n) is 3.79. The number of piperidine rings is 1. The number of aliphatic hydroxyl groups excluding tert-OH is 1. The van der Waals surface area contributed by atoms with Crippen LogP contribution in [0.4, 0.5) is 10.2 Å². The number of hydrogen-bond donors (Lipinski definition) is 2. The molecule has 0 saturated carbocycles. The van der Waals surface area contributed by atoms with E-state index in [-0.39, 0.29) is 13.0 Å². The molecule has 1 aliphatic rings. The molecule has 1 aliphatic heterocycles. The molecule has 0 spiro atoms. The lowest BCUT2D eigenvalue weighted by Crippen LogP contribution is -2.57. The molecule has 2 aromatic rings. The third kappa shape index (κ3) is 3.64. The van der Waals surface area contributed by atoms with Gasteiger partial charge in [0.2, 0.25) is 0 Å². The van der Waals surface area contributed by atoms with Crippen molar-refractivity contribution in [1.82, 2.24) is 9.97 Å². The number of carboxylic acid groups (broad SMARTS) is 1. The topological polar surface area (TPSA) is 86.5 Å². The number of hydrogen-bond acceptors (Lipinski definition) is 5. The Labute approximate surface area is 157 Å². The van der Waals surface area contributed by atoms with Gasteiger partial charge >= 0.3 is 5.97 Å². The number of rotatable bonds is 4. The Balaban J connectivity index is 2.00. The molecule has 0 bridgehead atoms. The van der Waals surface area contributed by atoms with E-state index in [4.69, 9.17) is 0 Å². The van der Waals surface area contributed by atoms with Crippen molar-refractivity contribution in [3.05, 3.63) is 52.7 Å². The fourth-order valence-corrected chi connectivity index (χ4v) is 3.79. The Morgan fingerprint density at radius 2 is 2.07 bits per heavy atom. The Hall–Kier alpha value is -2.54. The minimum atomic E-state index is -1.44. The van der Waals surface area contributed by atoms with Gasteiger partial charge in [0.25, 0.3) is 0 Å². The molecule has 1 saturated heterocycles. The molecule has 0 aliphatic carbocycles. The van der Waals surface area contributed by atoms with Crippen LogP contribution < -0.4 is 4.90 Å². The summed E-state index contributed by atoms with van der Waals surface area (Å²) in [5, 5.41) is 20.6. The summed E-state index contributed by atoms with van der Waals surface area (Å²) in [7, 11) is 0. The average molecular weight is 373 g/mol. The van der Waals surface area contributed by atoms with Gasteiger partial charge in [-0.15, -0.1) is 0 Å². The van der Waals surface area contributed by atoms with E-state index in [1.54, 1.807) is 19.1 Å². The van der Waals surface area contributed by atoms with E-state index in [2.05, 4.69) is 9.97 Å². The molecule has 1 aromatic carbocycles. The molecule has 0 radical (unpaired) electrons. The molecular weight excluding hydrogens is 349 g/mol. The number of aliphatic carboxylic acids is 1. The highest BCUT2D eigenvalue weighted by atomic mass is 19.1. The number of anilines is 1. The monoisotopic (exact) mass is 373 g/mol. The smallest absolute Gasteiger partial charge is 0.314 e. The molecule has 0 unspecified atom stereocenters. The van der Waals surface area contributed by atoms with Gasteiger partial charge in [-0.05, 0) is 51.3 Å². The molecule has 1 fully saturated rings. The predicted octanol–water partition coefficient (Wildman–Crippen LogP) is 2.43. The van der Waals surface area contributed by atoms with E-state index in [9.17, 15) is 19.4 Å². The average Bonchev–Trinajstić information content (AvgIpc) is 2.60. The van der Waals surface area contributed by atoms with Crippen molar-refractivity contribution >= 4 is 11.8 Å². The van der Waals surface area contributed by atoms with Crippen molar-refractivity contribution in [1.29, 1.82) is 0 Å². The van der Waals surface area contributed by atoms with Gasteiger partial charge < -0.3 is 15.1 Å². The molecule has 6 nitrogen and oxygen atoms in total. The van der Waals surface area contributed by atoms with E-state index >= 15 is 0 Å². The van der Waals surface area contributed by atoms with Crippen LogP contribution in [0.2, 0.25) is 0 Å². The van der Waals surface area contributed by atoms with Crippen LogP contribution in [-0.2, 0) is 11.2 Å². The van der Waals surface area contributed by atoms with Crippen molar-refractivity contribution in [2.75, 3.05) is 18.0 Å². The lowest BCUT2D eigenvalue weighted by molar-refractivity contribution is -0.157. The second-order valence-electron chi connectivity index (χ2n) is 7.30. The first-order chi connectivity index (χ1) is 12.7. The zero-order valence-electron chi connectivity index (χ0n) is 15.7. The molecule has 3 rings (SSSR count). The maximum absolute atomic E-state index is 13.6. The summed E-state index contributed by atoms with van der Waals surface area (Å²) in [6, 6.07) is 5.87. The normalized spacial score (nSPS) is 22.7. The Morgan fingerprint density at radius 3 is 2.74 bits per heavy atom. The van der Waals surface area contributed by atoms with Gasteiger partial charge in [-0.1, -0.05) is 12.1 Å². The molecular formula is C20H24FN3O3. The molecule has 144 valence electrons. The zero-order chi connectivity index (χ0) is 19.8. The summed E-state index contributed by atoms with van der Waals surface area (Å²) < 4.78 is 13.6. The second kappa shape index (κ2) is 7.23. The van der Waals surface area contributed by atoms with Crippen molar-refractivity contribution in [3.63, 3.8) is 0 Å². The Kier molecular flexibility index (Phi) is 5.15. The van der Waals surface area contributed by atoms with Gasteiger partial charge in [-0.25, -0.2) is 14.4 Å². The lowest BCUT2D eigenvalue weighted by Gasteiger charge is -2.44. The first-order valence-electron chi connectivity index (χ1n) is 8.95. The van der Waals surface area contributed by atoms with Crippen LogP contribution in [0.1, 0.15) is 29.1 Å². The maximum Gasteiger partial charge on any atom is 0.314 e. The van der Waals surface area contributed by atoms with Crippen molar-refractivity contribution in [2.45, 2.75) is 39.7 Å². The van der Waals surface area contributed by atoms with E-state index in [1.165, 1.54) is 12.1 Å². The number of nitrogens with zero attached hydrogens (tertiary/aromatic N) is 3. The summed E-state index contributed by atoms with van der Waals surface area (Å²) in [6.07, 6.45) is -0.693. The second-order valence-corrected chi connectivity index (χ2v) is 7.30. The number of aliphatic hydroxyl groups is 1. The first-order valence-corrected chi connectivity index (χ1v) is 8.95. The minimum Gasteiger partial charge on any atom is -0.481 e. The van der Waals surface area contributed by atoms with E-state index in [0.717, 1.165) is 11.3 Å². The fraction of sp³-hybridized carbons (Fsp3) is 0.450. The molecule has 2 N–H and O–H groups in total. The largest absolute Gasteiger partial charge is 0.481 e. The number of aryl methyl sites for hydroxylation is 2. The van der Waals surface area contributed by atoms with Gasteiger partial charge in [0, 0.05) is 24.3 Å². The maximum atomic E-state index is 13.6. The van der Waals surface area contributed by atoms with Gasteiger partial charge in [-0.3, -0.25) is 4.79 Å². The van der Waals surface area contributed by atoms with Crippen LogP contribution in [0.5, 0.6) is 0 Å². The van der Waals surface area contributed by atoms with Gasteiger partial charge in [0.1, 0.15) is 22.9 Å². The number of benzene rings is 1. The summed E-state index contributed by atoms with van der Waals surface area (Å²) in [5.74, 6) is -0.209. The van der Waals surface area contributed by atoms with Crippen LogP contribution >= 0.6 is 0 Å². The molecule has 2 atom stereocenters. The molecule has 27 heavy (non-hydrogen) atoms. The van der Waals surface area contributed by atoms with Crippen LogP contribution in [0.25, 0.3) is 0 Å². The van der Waals surface area contributed by atoms with Gasteiger partial charge in [-0.2, -0.15) is 0 Å². The SMILES string of the molecule is Cc1nc(C)c(C)c(N2CC[C@@H](O)[C@](Cc3cccc(F)c3)(C(=O)O)C2)n1. The van der Waals surface area contributed by atoms with Crippen LogP contribution in [-0.4, -0.2) is 45.3 Å². The first kappa shape index (κ1) is 19.2. The molecule has 1 aromatic heterocycles. The van der Waals surface area contributed by atoms with Crippen molar-refractivity contribution in [3.8, 4) is 0 Å². The number of carbonyl (C=O) groups is 1. The standard InChI is InChI=1S/C20H24FN3O3/c1-12-13(2)22-14(3)23-18(12)24-8-7-17(25)20(11-24,19(26)27)10-15-5-4-6-16(21)9-15/h4-6,9,17,25H,7-8,10-11H2,1-3H3,(H,26,27)/t17-,20-/m1/s1. The summed E-state index contributed by atoms with van der Waals surface area (Å²) in [4.78, 5) is 23.0. The van der Waals surface area contributed by atoms with Crippen molar-refractivity contribution < 1.29 is 19.4 Å². The number of carboxylic acids is 1. The van der Waals surface area contributed by atoms with Crippen LogP contribution in [0.3, 0.4) is 0 Å². The predicted molar refractivity (Wildman–Crippen MR) is 99.3 cm³/mol. The van der Waals surface area contributed by atoms with Gasteiger partial charge in [0.15, 0.2) is 0 Å². The minimum absolute atomic E-state index is 0.0415. The summed E-state index contributed by atoms with van der Waals surface area (Å²) in [5.41, 5.74) is 0.840. The molecule has 0 amide bonds. The quantitative estimate of drug-likeness (QED) is 0.856. The number of aromatic nitrogens is 2. The molecule has 7 heteroatoms. The Morgan fingerprint density at radius 1 is 1.33 bits per heavy atom. The van der Waals surface area contributed by atoms with E-state index in [0.29, 0.717) is 30.2 Å². The van der Waals surface area contributed by atoms with E-state index < -0.39 is 23.3 Å².